The predicted molar refractivity (Wildman–Crippen MR) is 83.6 cm³/mol. The number of amides is 1. The lowest BCUT2D eigenvalue weighted by molar-refractivity contribution is -0.136. The first-order valence-electron chi connectivity index (χ1n) is 7.98. The van der Waals surface area contributed by atoms with Gasteiger partial charge >= 0.3 is 0 Å². The second kappa shape index (κ2) is 8.60. The van der Waals surface area contributed by atoms with Crippen molar-refractivity contribution in [1.29, 1.82) is 0 Å². The summed E-state index contributed by atoms with van der Waals surface area (Å²) in [6.07, 6.45) is 0. The second-order valence-corrected chi connectivity index (χ2v) is 5.86. The van der Waals surface area contributed by atoms with Crippen molar-refractivity contribution in [2.24, 2.45) is 11.7 Å². The third-order valence-electron chi connectivity index (χ3n) is 4.36. The number of nitrogens with zero attached hydrogens (tertiary/aromatic N) is 3. The maximum Gasteiger partial charge on any atom is 0.239 e. The summed E-state index contributed by atoms with van der Waals surface area (Å²) < 4.78 is 0. The molecular formula is C15H32N4O. The van der Waals surface area contributed by atoms with Gasteiger partial charge in [-0.3, -0.25) is 9.69 Å². The predicted octanol–water partition coefficient (Wildman–Crippen LogP) is 0.456. The molecule has 1 amide bonds. The molecule has 118 valence electrons. The van der Waals surface area contributed by atoms with E-state index in [1.807, 2.05) is 25.7 Å². The van der Waals surface area contributed by atoms with Gasteiger partial charge in [0.2, 0.25) is 5.91 Å². The van der Waals surface area contributed by atoms with E-state index in [0.717, 1.165) is 52.4 Å². The monoisotopic (exact) mass is 284 g/mol. The Morgan fingerprint density at radius 1 is 1.15 bits per heavy atom. The normalized spacial score (nSPS) is 20.6. The lowest BCUT2D eigenvalue weighted by atomic mass is 10.1. The first-order valence-corrected chi connectivity index (χ1v) is 7.98. The molecule has 0 spiro atoms. The Morgan fingerprint density at radius 2 is 1.70 bits per heavy atom. The third kappa shape index (κ3) is 4.72. The minimum Gasteiger partial charge on any atom is -0.342 e. The zero-order chi connectivity index (χ0) is 15.1. The maximum atomic E-state index is 12.4. The van der Waals surface area contributed by atoms with Crippen LogP contribution in [0.1, 0.15) is 27.7 Å². The van der Waals surface area contributed by atoms with Gasteiger partial charge in [0.1, 0.15) is 0 Å². The van der Waals surface area contributed by atoms with Crippen LogP contribution in [0.5, 0.6) is 0 Å². The van der Waals surface area contributed by atoms with Crippen LogP contribution >= 0.6 is 0 Å². The molecule has 0 aliphatic carbocycles. The van der Waals surface area contributed by atoms with Crippen LogP contribution in [0.25, 0.3) is 0 Å². The maximum absolute atomic E-state index is 12.4. The van der Waals surface area contributed by atoms with E-state index in [1.165, 1.54) is 0 Å². The molecule has 0 aromatic rings. The third-order valence-corrected chi connectivity index (χ3v) is 4.36. The zero-order valence-electron chi connectivity index (χ0n) is 13.6. The Kier molecular flexibility index (Phi) is 7.48. The molecule has 1 fully saturated rings. The fourth-order valence-corrected chi connectivity index (χ4v) is 2.80. The molecule has 0 aromatic carbocycles. The van der Waals surface area contributed by atoms with Crippen LogP contribution in [0.3, 0.4) is 0 Å². The zero-order valence-corrected chi connectivity index (χ0v) is 13.6. The molecule has 0 saturated carbocycles. The number of likely N-dealkylation sites (N-methyl/N-ethyl adjacent to an activating group) is 1. The fraction of sp³-hybridized carbons (Fsp3) is 0.933. The minimum absolute atomic E-state index is 0.00369. The number of hydrogen-bond donors (Lipinski definition) is 1. The summed E-state index contributed by atoms with van der Waals surface area (Å²) in [5.74, 6) is 0.815. The quantitative estimate of drug-likeness (QED) is 0.738. The van der Waals surface area contributed by atoms with Crippen LogP contribution in [0.15, 0.2) is 0 Å². The fourth-order valence-electron chi connectivity index (χ4n) is 2.80. The Balaban J connectivity index is 2.42. The van der Waals surface area contributed by atoms with Crippen molar-refractivity contribution in [1.82, 2.24) is 14.7 Å². The van der Waals surface area contributed by atoms with Gasteiger partial charge in [0.15, 0.2) is 0 Å². The lowest BCUT2D eigenvalue weighted by Crippen LogP contribution is -2.55. The van der Waals surface area contributed by atoms with Gasteiger partial charge in [0.05, 0.1) is 6.04 Å². The number of nitrogens with two attached hydrogens (primary N) is 1. The number of carbonyl (C=O) groups is 1. The van der Waals surface area contributed by atoms with Crippen LogP contribution in [-0.4, -0.2) is 79.0 Å². The van der Waals surface area contributed by atoms with Crippen molar-refractivity contribution in [2.75, 3.05) is 52.4 Å². The van der Waals surface area contributed by atoms with Gasteiger partial charge in [-0.1, -0.05) is 6.92 Å². The van der Waals surface area contributed by atoms with Gasteiger partial charge in [0, 0.05) is 45.8 Å². The van der Waals surface area contributed by atoms with E-state index in [2.05, 4.69) is 16.7 Å². The molecule has 0 aromatic heterocycles. The van der Waals surface area contributed by atoms with Crippen LogP contribution in [0, 0.1) is 5.92 Å². The summed E-state index contributed by atoms with van der Waals surface area (Å²) in [5.41, 5.74) is 5.68. The van der Waals surface area contributed by atoms with Gasteiger partial charge in [-0.15, -0.1) is 0 Å². The van der Waals surface area contributed by atoms with E-state index >= 15 is 0 Å². The van der Waals surface area contributed by atoms with E-state index in [4.69, 9.17) is 5.73 Å². The Hall–Kier alpha value is -0.650. The molecule has 20 heavy (non-hydrogen) atoms. The van der Waals surface area contributed by atoms with Crippen molar-refractivity contribution < 1.29 is 4.79 Å². The highest BCUT2D eigenvalue weighted by atomic mass is 16.2. The smallest absolute Gasteiger partial charge is 0.239 e. The Morgan fingerprint density at radius 3 is 2.15 bits per heavy atom. The van der Waals surface area contributed by atoms with Crippen LogP contribution in [0.2, 0.25) is 0 Å². The van der Waals surface area contributed by atoms with Crippen molar-refractivity contribution in [3.8, 4) is 0 Å². The van der Waals surface area contributed by atoms with Gasteiger partial charge < -0.3 is 15.5 Å². The van der Waals surface area contributed by atoms with E-state index in [1.54, 1.807) is 0 Å². The van der Waals surface area contributed by atoms with Crippen LogP contribution < -0.4 is 5.73 Å². The average Bonchev–Trinajstić information content (AvgIpc) is 2.48. The number of rotatable bonds is 7. The van der Waals surface area contributed by atoms with Crippen LogP contribution in [0.4, 0.5) is 0 Å². The van der Waals surface area contributed by atoms with Gasteiger partial charge in [-0.25, -0.2) is 0 Å². The number of hydrogen-bond acceptors (Lipinski definition) is 4. The Labute approximate surface area is 124 Å². The molecule has 1 aliphatic heterocycles. The first kappa shape index (κ1) is 17.4. The molecule has 0 bridgehead atoms. The summed E-state index contributed by atoms with van der Waals surface area (Å²) in [7, 11) is 0. The van der Waals surface area contributed by atoms with Crippen molar-refractivity contribution in [2.45, 2.75) is 33.7 Å². The second-order valence-electron chi connectivity index (χ2n) is 5.86. The highest BCUT2D eigenvalue weighted by Crippen LogP contribution is 2.10. The van der Waals surface area contributed by atoms with E-state index < -0.39 is 0 Å². The first-order chi connectivity index (χ1) is 9.53. The summed E-state index contributed by atoms with van der Waals surface area (Å²) in [5, 5.41) is 0. The summed E-state index contributed by atoms with van der Waals surface area (Å²) in [6, 6.07) is 0.00369. The standard InChI is InChI=1S/C15H32N4O/c1-5-18(6-2)15(20)14(4)19-9-7-17(8-10-19)12-13(3)11-16/h13-14H,5-12,16H2,1-4H3. The number of piperazine rings is 1. The van der Waals surface area contributed by atoms with Crippen molar-refractivity contribution in [3.05, 3.63) is 0 Å². The molecule has 5 heteroatoms. The van der Waals surface area contributed by atoms with Crippen molar-refractivity contribution in [3.63, 3.8) is 0 Å². The largest absolute Gasteiger partial charge is 0.342 e. The molecule has 2 atom stereocenters. The molecule has 2 unspecified atom stereocenters. The van der Waals surface area contributed by atoms with Crippen molar-refractivity contribution >= 4 is 5.91 Å². The van der Waals surface area contributed by atoms with Gasteiger partial charge in [0.25, 0.3) is 0 Å². The molecule has 2 N–H and O–H groups in total. The molecule has 1 heterocycles. The van der Waals surface area contributed by atoms with Crippen LogP contribution in [-0.2, 0) is 4.79 Å². The molecule has 5 nitrogen and oxygen atoms in total. The molecule has 1 rings (SSSR count). The minimum atomic E-state index is 0.00369. The topological polar surface area (TPSA) is 52.8 Å². The molecule has 1 saturated heterocycles. The highest BCUT2D eigenvalue weighted by Gasteiger charge is 2.27. The molecule has 1 aliphatic rings. The molecule has 0 radical (unpaired) electrons. The summed E-state index contributed by atoms with van der Waals surface area (Å²) in [6.45, 7) is 15.8. The SMILES string of the molecule is CCN(CC)C(=O)C(C)N1CCN(CC(C)CN)CC1. The van der Waals surface area contributed by atoms with Gasteiger partial charge in [-0.05, 0) is 33.2 Å². The summed E-state index contributed by atoms with van der Waals surface area (Å²) >= 11 is 0. The lowest BCUT2D eigenvalue weighted by Gasteiger charge is -2.39. The number of carbonyl (C=O) groups excluding carboxylic acids is 1. The highest BCUT2D eigenvalue weighted by molar-refractivity contribution is 5.81. The Bertz CT molecular complexity index is 286. The average molecular weight is 284 g/mol. The molecular weight excluding hydrogens is 252 g/mol. The van der Waals surface area contributed by atoms with E-state index in [9.17, 15) is 4.79 Å². The van der Waals surface area contributed by atoms with E-state index in [-0.39, 0.29) is 11.9 Å². The van der Waals surface area contributed by atoms with E-state index in [0.29, 0.717) is 5.92 Å². The van der Waals surface area contributed by atoms with Gasteiger partial charge in [-0.2, -0.15) is 0 Å². The summed E-state index contributed by atoms with van der Waals surface area (Å²) in [4.78, 5) is 19.1.